The predicted octanol–water partition coefficient (Wildman–Crippen LogP) is 3.65. The van der Waals surface area contributed by atoms with E-state index in [1.807, 2.05) is 12.1 Å². The molecule has 3 fully saturated rings. The van der Waals surface area contributed by atoms with Crippen molar-refractivity contribution < 1.29 is 4.39 Å². The van der Waals surface area contributed by atoms with Gasteiger partial charge in [-0.25, -0.2) is 4.39 Å². The fourth-order valence-corrected chi connectivity index (χ4v) is 4.04. The lowest BCUT2D eigenvalue weighted by molar-refractivity contribution is -0.165. The van der Waals surface area contributed by atoms with Crippen LogP contribution >= 0.6 is 12.4 Å². The van der Waals surface area contributed by atoms with Gasteiger partial charge in [0.05, 0.1) is 0 Å². The first kappa shape index (κ1) is 13.8. The summed E-state index contributed by atoms with van der Waals surface area (Å²) in [4.78, 5) is 0. The van der Waals surface area contributed by atoms with Gasteiger partial charge in [0.2, 0.25) is 0 Å². The zero-order valence-electron chi connectivity index (χ0n) is 10.9. The zero-order valence-corrected chi connectivity index (χ0v) is 11.8. The molecule has 2 bridgehead atoms. The molecule has 1 unspecified atom stereocenters. The highest BCUT2D eigenvalue weighted by Crippen LogP contribution is 2.75. The SMILES string of the molecule is CC(C)C(N)C12CC(c3ccc(F)cc3)(C1)C2.Cl. The Balaban J connectivity index is 0.00000120. The van der Waals surface area contributed by atoms with E-state index >= 15 is 0 Å². The van der Waals surface area contributed by atoms with Gasteiger partial charge in [-0.15, -0.1) is 12.4 Å². The van der Waals surface area contributed by atoms with Gasteiger partial charge >= 0.3 is 0 Å². The van der Waals surface area contributed by atoms with E-state index in [2.05, 4.69) is 13.8 Å². The summed E-state index contributed by atoms with van der Waals surface area (Å²) in [6.45, 7) is 4.41. The monoisotopic (exact) mass is 269 g/mol. The van der Waals surface area contributed by atoms with Crippen LogP contribution in [0.25, 0.3) is 0 Å². The van der Waals surface area contributed by atoms with E-state index in [0.29, 0.717) is 22.8 Å². The van der Waals surface area contributed by atoms with E-state index in [1.165, 1.54) is 24.8 Å². The first-order valence-corrected chi connectivity index (χ1v) is 6.49. The van der Waals surface area contributed by atoms with Crippen LogP contribution in [0, 0.1) is 17.2 Å². The highest BCUT2D eigenvalue weighted by Gasteiger charge is 2.70. The Labute approximate surface area is 114 Å². The minimum atomic E-state index is -0.144. The van der Waals surface area contributed by atoms with Crippen molar-refractivity contribution in [3.63, 3.8) is 0 Å². The molecule has 18 heavy (non-hydrogen) atoms. The van der Waals surface area contributed by atoms with Crippen LogP contribution in [0.2, 0.25) is 0 Å². The van der Waals surface area contributed by atoms with Crippen molar-refractivity contribution in [1.29, 1.82) is 0 Å². The fourth-order valence-electron chi connectivity index (χ4n) is 4.04. The van der Waals surface area contributed by atoms with Gasteiger partial charge in [-0.2, -0.15) is 0 Å². The van der Waals surface area contributed by atoms with Crippen molar-refractivity contribution in [2.45, 2.75) is 44.6 Å². The average Bonchev–Trinajstić information content (AvgIpc) is 2.16. The Morgan fingerprint density at radius 3 is 2.06 bits per heavy atom. The molecule has 0 aromatic heterocycles. The van der Waals surface area contributed by atoms with E-state index in [-0.39, 0.29) is 18.2 Å². The summed E-state index contributed by atoms with van der Waals surface area (Å²) >= 11 is 0. The van der Waals surface area contributed by atoms with Crippen LogP contribution in [-0.4, -0.2) is 6.04 Å². The molecule has 4 rings (SSSR count). The van der Waals surface area contributed by atoms with E-state index < -0.39 is 0 Å². The summed E-state index contributed by atoms with van der Waals surface area (Å²) in [5.41, 5.74) is 8.32. The van der Waals surface area contributed by atoms with Gasteiger partial charge in [-0.05, 0) is 53.7 Å². The summed E-state index contributed by atoms with van der Waals surface area (Å²) in [7, 11) is 0. The largest absolute Gasteiger partial charge is 0.327 e. The minimum Gasteiger partial charge on any atom is -0.327 e. The molecular weight excluding hydrogens is 249 g/mol. The second-order valence-electron chi connectivity index (χ2n) is 6.45. The highest BCUT2D eigenvalue weighted by molar-refractivity contribution is 5.85. The quantitative estimate of drug-likeness (QED) is 0.891. The Morgan fingerprint density at radius 1 is 1.11 bits per heavy atom. The van der Waals surface area contributed by atoms with Crippen molar-refractivity contribution in [3.05, 3.63) is 35.6 Å². The van der Waals surface area contributed by atoms with Gasteiger partial charge in [-0.3, -0.25) is 0 Å². The average molecular weight is 270 g/mol. The van der Waals surface area contributed by atoms with E-state index in [9.17, 15) is 4.39 Å². The molecule has 1 atom stereocenters. The van der Waals surface area contributed by atoms with Crippen LogP contribution in [0.4, 0.5) is 4.39 Å². The second-order valence-corrected chi connectivity index (χ2v) is 6.45. The number of hydrogen-bond donors (Lipinski definition) is 1. The van der Waals surface area contributed by atoms with E-state index in [1.54, 1.807) is 12.1 Å². The van der Waals surface area contributed by atoms with Gasteiger partial charge < -0.3 is 5.73 Å². The lowest BCUT2D eigenvalue weighted by Gasteiger charge is -2.74. The molecule has 3 aliphatic rings. The number of benzene rings is 1. The Bertz CT molecular complexity index is 421. The van der Waals surface area contributed by atoms with Gasteiger partial charge in [-0.1, -0.05) is 26.0 Å². The molecule has 3 aliphatic carbocycles. The predicted molar refractivity (Wildman–Crippen MR) is 74.4 cm³/mol. The van der Waals surface area contributed by atoms with Crippen molar-refractivity contribution in [3.8, 4) is 0 Å². The Morgan fingerprint density at radius 2 is 1.61 bits per heavy atom. The van der Waals surface area contributed by atoms with E-state index in [0.717, 1.165) is 0 Å². The first-order valence-electron chi connectivity index (χ1n) is 6.49. The van der Waals surface area contributed by atoms with Gasteiger partial charge in [0, 0.05) is 6.04 Å². The molecule has 0 amide bonds. The third kappa shape index (κ3) is 1.70. The summed E-state index contributed by atoms with van der Waals surface area (Å²) < 4.78 is 12.9. The molecule has 0 aliphatic heterocycles. The molecule has 0 heterocycles. The molecule has 3 saturated carbocycles. The fraction of sp³-hybridized carbons (Fsp3) is 0.600. The van der Waals surface area contributed by atoms with Gasteiger partial charge in [0.25, 0.3) is 0 Å². The summed E-state index contributed by atoms with van der Waals surface area (Å²) in [5, 5.41) is 0. The second kappa shape index (κ2) is 4.21. The summed E-state index contributed by atoms with van der Waals surface area (Å²) in [5.74, 6) is 0.412. The van der Waals surface area contributed by atoms with Crippen LogP contribution in [0.3, 0.4) is 0 Å². The lowest BCUT2D eigenvalue weighted by Crippen LogP contribution is -2.71. The molecule has 1 nitrogen and oxygen atoms in total. The molecule has 1 aromatic carbocycles. The molecule has 0 spiro atoms. The molecular formula is C15H21ClFN. The maximum absolute atomic E-state index is 12.9. The number of nitrogens with two attached hydrogens (primary N) is 1. The first-order chi connectivity index (χ1) is 7.97. The Hall–Kier alpha value is -0.600. The van der Waals surface area contributed by atoms with Crippen molar-refractivity contribution in [2.24, 2.45) is 17.1 Å². The van der Waals surface area contributed by atoms with Gasteiger partial charge in [0.15, 0.2) is 0 Å². The normalized spacial score (nSPS) is 34.3. The maximum Gasteiger partial charge on any atom is 0.123 e. The van der Waals surface area contributed by atoms with Crippen molar-refractivity contribution in [1.82, 2.24) is 0 Å². The maximum atomic E-state index is 12.9. The Kier molecular flexibility index (Phi) is 3.23. The molecule has 100 valence electrons. The summed E-state index contributed by atoms with van der Waals surface area (Å²) in [6.07, 6.45) is 3.60. The number of hydrogen-bond acceptors (Lipinski definition) is 1. The number of rotatable bonds is 3. The van der Waals surface area contributed by atoms with Crippen LogP contribution in [0.1, 0.15) is 38.7 Å². The van der Waals surface area contributed by atoms with Crippen LogP contribution < -0.4 is 5.73 Å². The standard InChI is InChI=1S/C15H20FN.ClH/c1-10(2)13(17)15-7-14(8-15,9-15)11-3-5-12(16)6-4-11;/h3-6,10,13H,7-9,17H2,1-2H3;1H. The molecule has 0 saturated heterocycles. The van der Waals surface area contributed by atoms with Crippen molar-refractivity contribution in [2.75, 3.05) is 0 Å². The van der Waals surface area contributed by atoms with Gasteiger partial charge in [0.1, 0.15) is 5.82 Å². The third-order valence-electron chi connectivity index (χ3n) is 4.95. The molecule has 1 aromatic rings. The summed E-state index contributed by atoms with van der Waals surface area (Å²) in [6, 6.07) is 7.36. The smallest absolute Gasteiger partial charge is 0.123 e. The molecule has 3 heteroatoms. The van der Waals surface area contributed by atoms with Crippen LogP contribution in [-0.2, 0) is 5.41 Å². The number of halogens is 2. The molecule has 2 N–H and O–H groups in total. The molecule has 0 radical (unpaired) electrons. The lowest BCUT2D eigenvalue weighted by atomic mass is 9.31. The van der Waals surface area contributed by atoms with Crippen molar-refractivity contribution >= 4 is 12.4 Å². The third-order valence-corrected chi connectivity index (χ3v) is 4.95. The van der Waals surface area contributed by atoms with Crippen LogP contribution in [0.15, 0.2) is 24.3 Å². The van der Waals surface area contributed by atoms with Crippen LogP contribution in [0.5, 0.6) is 0 Å². The topological polar surface area (TPSA) is 26.0 Å². The zero-order chi connectivity index (χ0) is 12.3. The highest BCUT2D eigenvalue weighted by atomic mass is 35.5. The van der Waals surface area contributed by atoms with E-state index in [4.69, 9.17) is 5.73 Å². The minimum absolute atomic E-state index is 0.